The van der Waals surface area contributed by atoms with E-state index >= 15 is 0 Å². The molecule has 2 aromatic carbocycles. The summed E-state index contributed by atoms with van der Waals surface area (Å²) in [6, 6.07) is 12.4. The Morgan fingerprint density at radius 2 is 1.82 bits per heavy atom. The molecule has 182 valence electrons. The van der Waals surface area contributed by atoms with Gasteiger partial charge in [-0.2, -0.15) is 8.75 Å². The van der Waals surface area contributed by atoms with E-state index in [0.29, 0.717) is 12.5 Å². The fourth-order valence-electron chi connectivity index (χ4n) is 4.41. The highest BCUT2D eigenvalue weighted by Crippen LogP contribution is 2.25. The van der Waals surface area contributed by atoms with Crippen molar-refractivity contribution in [2.75, 3.05) is 26.7 Å². The van der Waals surface area contributed by atoms with Crippen molar-refractivity contribution >= 4 is 58.5 Å². The molecule has 1 fully saturated rings. The Morgan fingerprint density at radius 1 is 1.06 bits per heavy atom. The van der Waals surface area contributed by atoms with Gasteiger partial charge in [0.05, 0.1) is 30.6 Å². The Hall–Kier alpha value is -2.10. The minimum absolute atomic E-state index is 0. The number of fused-ring (bicyclic) bond motifs is 2. The van der Waals surface area contributed by atoms with Crippen molar-refractivity contribution in [3.8, 4) is 5.75 Å². The molecule has 0 radical (unpaired) electrons. The van der Waals surface area contributed by atoms with Crippen LogP contribution in [0.1, 0.15) is 24.0 Å². The van der Waals surface area contributed by atoms with Crippen LogP contribution in [-0.2, 0) is 13.0 Å². The molecule has 5 rings (SSSR count). The summed E-state index contributed by atoms with van der Waals surface area (Å²) >= 11 is 1.25. The predicted molar refractivity (Wildman–Crippen MR) is 140 cm³/mol. The second-order valence-electron chi connectivity index (χ2n) is 8.30. The number of halogens is 3. The molecule has 3 heterocycles. The van der Waals surface area contributed by atoms with Gasteiger partial charge in [-0.25, -0.2) is 4.39 Å². The number of piperidine rings is 1. The van der Waals surface area contributed by atoms with Gasteiger partial charge in [-0.15, -0.1) is 24.8 Å². The van der Waals surface area contributed by atoms with E-state index in [1.807, 2.05) is 24.3 Å². The van der Waals surface area contributed by atoms with E-state index in [1.54, 1.807) is 7.11 Å². The van der Waals surface area contributed by atoms with Crippen molar-refractivity contribution in [3.05, 3.63) is 59.5 Å². The summed E-state index contributed by atoms with van der Waals surface area (Å²) in [6.45, 7) is 3.71. The second kappa shape index (κ2) is 12.0. The van der Waals surface area contributed by atoms with Gasteiger partial charge in [-0.05, 0) is 68.2 Å². The van der Waals surface area contributed by atoms with Gasteiger partial charge < -0.3 is 15.0 Å². The summed E-state index contributed by atoms with van der Waals surface area (Å²) in [6.07, 6.45) is 4.18. The summed E-state index contributed by atoms with van der Waals surface area (Å²) < 4.78 is 28.5. The fraction of sp³-hybridized carbons (Fsp3) is 0.375. The van der Waals surface area contributed by atoms with Crippen LogP contribution in [0.15, 0.2) is 42.6 Å². The SMILES string of the molecule is COc1ccc2ncc(F)c(CCN3CCC(NCc4ccc5nsnc5c4)CC3)c2c1.Cl.Cl. The van der Waals surface area contributed by atoms with Gasteiger partial charge in [0, 0.05) is 30.1 Å². The molecular formula is C24H28Cl2FN5OS. The molecule has 1 saturated heterocycles. The van der Waals surface area contributed by atoms with Crippen LogP contribution in [0.5, 0.6) is 5.75 Å². The van der Waals surface area contributed by atoms with Crippen LogP contribution in [0.25, 0.3) is 21.9 Å². The number of aromatic nitrogens is 3. The van der Waals surface area contributed by atoms with Crippen molar-refractivity contribution in [2.24, 2.45) is 0 Å². The van der Waals surface area contributed by atoms with Crippen molar-refractivity contribution in [1.82, 2.24) is 23.9 Å². The Labute approximate surface area is 215 Å². The highest BCUT2D eigenvalue weighted by atomic mass is 35.5. The summed E-state index contributed by atoms with van der Waals surface area (Å²) in [4.78, 5) is 6.65. The molecule has 1 aliphatic rings. The van der Waals surface area contributed by atoms with Crippen LogP contribution in [0.2, 0.25) is 0 Å². The lowest BCUT2D eigenvalue weighted by atomic mass is 10.0. The van der Waals surface area contributed by atoms with E-state index in [9.17, 15) is 4.39 Å². The monoisotopic (exact) mass is 523 g/mol. The Kier molecular flexibility index (Phi) is 9.39. The first kappa shape index (κ1) is 26.5. The van der Waals surface area contributed by atoms with Gasteiger partial charge >= 0.3 is 0 Å². The summed E-state index contributed by atoms with van der Waals surface area (Å²) in [7, 11) is 1.63. The zero-order chi connectivity index (χ0) is 21.9. The third kappa shape index (κ3) is 5.93. The average Bonchev–Trinajstić information content (AvgIpc) is 3.30. The smallest absolute Gasteiger partial charge is 0.145 e. The van der Waals surface area contributed by atoms with Gasteiger partial charge in [0.1, 0.15) is 22.6 Å². The van der Waals surface area contributed by atoms with Gasteiger partial charge in [0.2, 0.25) is 0 Å². The number of benzene rings is 2. The Balaban J connectivity index is 0.00000162. The topological polar surface area (TPSA) is 63.2 Å². The third-order valence-corrected chi connectivity index (χ3v) is 6.87. The number of nitrogens with one attached hydrogen (secondary N) is 1. The predicted octanol–water partition coefficient (Wildman–Crippen LogP) is 5.03. The van der Waals surface area contributed by atoms with E-state index in [-0.39, 0.29) is 30.6 Å². The molecule has 2 aromatic heterocycles. The molecule has 0 saturated carbocycles. The number of likely N-dealkylation sites (tertiary alicyclic amines) is 1. The van der Waals surface area contributed by atoms with E-state index < -0.39 is 0 Å². The maximum absolute atomic E-state index is 14.6. The molecule has 1 aliphatic heterocycles. The Morgan fingerprint density at radius 3 is 2.62 bits per heavy atom. The highest BCUT2D eigenvalue weighted by molar-refractivity contribution is 7.00. The zero-order valence-electron chi connectivity index (χ0n) is 18.9. The molecule has 10 heteroatoms. The van der Waals surface area contributed by atoms with E-state index in [2.05, 4.69) is 36.1 Å². The molecule has 6 nitrogen and oxygen atoms in total. The van der Waals surface area contributed by atoms with Crippen molar-refractivity contribution < 1.29 is 9.13 Å². The molecule has 34 heavy (non-hydrogen) atoms. The Bertz CT molecular complexity index is 1230. The van der Waals surface area contributed by atoms with Gasteiger partial charge in [-0.3, -0.25) is 4.98 Å². The van der Waals surface area contributed by atoms with Crippen molar-refractivity contribution in [1.29, 1.82) is 0 Å². The normalized spacial score (nSPS) is 14.6. The lowest BCUT2D eigenvalue weighted by molar-refractivity contribution is 0.199. The number of methoxy groups -OCH3 is 1. The second-order valence-corrected chi connectivity index (χ2v) is 8.83. The molecule has 0 amide bonds. The first-order valence-electron chi connectivity index (χ1n) is 11.0. The number of hydrogen-bond donors (Lipinski definition) is 1. The minimum atomic E-state index is -0.241. The van der Waals surface area contributed by atoms with Gasteiger partial charge in [0.15, 0.2) is 0 Å². The lowest BCUT2D eigenvalue weighted by Gasteiger charge is -2.32. The number of rotatable bonds is 7. The molecule has 0 atom stereocenters. The standard InChI is InChI=1S/C24H26FN5OS.2ClH/c1-31-18-3-5-22-20(13-18)19(21(25)15-27-22)8-11-30-9-6-17(7-10-30)26-14-16-2-4-23-24(12-16)29-32-28-23;;/h2-5,12-13,15,17,26H,6-11,14H2,1H3;2*1H. The summed E-state index contributed by atoms with van der Waals surface area (Å²) in [5, 5.41) is 4.52. The van der Waals surface area contributed by atoms with Crippen molar-refractivity contribution in [2.45, 2.75) is 31.8 Å². The largest absolute Gasteiger partial charge is 0.497 e. The molecule has 4 aromatic rings. The van der Waals surface area contributed by atoms with Crippen LogP contribution < -0.4 is 10.1 Å². The summed E-state index contributed by atoms with van der Waals surface area (Å²) in [5.41, 5.74) is 4.70. The molecule has 1 N–H and O–H groups in total. The number of pyridine rings is 1. The molecule has 0 spiro atoms. The van der Waals surface area contributed by atoms with Crippen LogP contribution in [0, 0.1) is 5.82 Å². The summed E-state index contributed by atoms with van der Waals surface area (Å²) in [5.74, 6) is 0.484. The van der Waals surface area contributed by atoms with E-state index in [0.717, 1.165) is 72.3 Å². The molecule has 0 bridgehead atoms. The van der Waals surface area contributed by atoms with Crippen molar-refractivity contribution in [3.63, 3.8) is 0 Å². The van der Waals surface area contributed by atoms with Gasteiger partial charge in [0.25, 0.3) is 0 Å². The van der Waals surface area contributed by atoms with Crippen LogP contribution in [0.3, 0.4) is 0 Å². The maximum Gasteiger partial charge on any atom is 0.145 e. The quantitative estimate of drug-likeness (QED) is 0.366. The minimum Gasteiger partial charge on any atom is -0.497 e. The highest BCUT2D eigenvalue weighted by Gasteiger charge is 2.20. The molecule has 0 aliphatic carbocycles. The number of nitrogens with zero attached hydrogens (tertiary/aromatic N) is 4. The lowest BCUT2D eigenvalue weighted by Crippen LogP contribution is -2.42. The zero-order valence-corrected chi connectivity index (χ0v) is 21.3. The maximum atomic E-state index is 14.6. The van der Waals surface area contributed by atoms with E-state index in [4.69, 9.17) is 4.74 Å². The first-order valence-corrected chi connectivity index (χ1v) is 11.7. The molecular weight excluding hydrogens is 496 g/mol. The molecule has 0 unspecified atom stereocenters. The van der Waals surface area contributed by atoms with Gasteiger partial charge in [-0.1, -0.05) is 6.07 Å². The first-order chi connectivity index (χ1) is 15.7. The third-order valence-electron chi connectivity index (χ3n) is 6.31. The van der Waals surface area contributed by atoms with E-state index in [1.165, 1.54) is 23.5 Å². The number of ether oxygens (including phenoxy) is 1. The van der Waals surface area contributed by atoms with Crippen LogP contribution >= 0.6 is 36.5 Å². The average molecular weight is 524 g/mol. The fourth-order valence-corrected chi connectivity index (χ4v) is 4.93. The van der Waals surface area contributed by atoms with Crippen LogP contribution in [0.4, 0.5) is 4.39 Å². The number of hydrogen-bond acceptors (Lipinski definition) is 7. The van der Waals surface area contributed by atoms with Crippen LogP contribution in [-0.4, -0.2) is 51.4 Å².